The maximum absolute atomic E-state index is 13.6. The second-order valence-corrected chi connectivity index (χ2v) is 4.97. The number of halogens is 5. The number of hydrogen-bond donors (Lipinski definition) is 1. The number of ether oxygens (including phenoxy) is 2. The van der Waals surface area contributed by atoms with E-state index in [2.05, 4.69) is 4.74 Å². The summed E-state index contributed by atoms with van der Waals surface area (Å²) in [6.45, 7) is 2.87. The summed E-state index contributed by atoms with van der Waals surface area (Å²) in [6, 6.07) is 5.18. The van der Waals surface area contributed by atoms with Crippen LogP contribution in [0.4, 0.5) is 27.6 Å². The number of rotatable bonds is 6. The third-order valence-electron chi connectivity index (χ3n) is 2.68. The van der Waals surface area contributed by atoms with E-state index in [1.807, 2.05) is 5.32 Å². The molecule has 0 unspecified atom stereocenters. The largest absolute Gasteiger partial charge is 0.497 e. The monoisotopic (exact) mass is 353 g/mol. The lowest BCUT2D eigenvalue weighted by atomic mass is 10.2. The minimum Gasteiger partial charge on any atom is -0.497 e. The normalized spacial score (nSPS) is 13.0. The molecule has 1 aromatic rings. The Morgan fingerprint density at radius 2 is 1.67 bits per heavy atom. The van der Waals surface area contributed by atoms with Crippen LogP contribution < -0.4 is 10.1 Å². The van der Waals surface area contributed by atoms with Gasteiger partial charge < -0.3 is 14.8 Å². The molecule has 134 valence electrons. The summed E-state index contributed by atoms with van der Waals surface area (Å²) >= 11 is 0. The van der Waals surface area contributed by atoms with Crippen LogP contribution in [0, 0.1) is 0 Å². The molecule has 9 heteroatoms. The predicted octanol–water partition coefficient (Wildman–Crippen LogP) is 4.14. The van der Waals surface area contributed by atoms with Crippen LogP contribution in [0.2, 0.25) is 0 Å². The van der Waals surface area contributed by atoms with Crippen LogP contribution in [0.5, 0.6) is 5.75 Å². The highest BCUT2D eigenvalue weighted by Gasteiger charge is 2.60. The van der Waals surface area contributed by atoms with E-state index in [9.17, 15) is 26.7 Å². The first-order chi connectivity index (χ1) is 11.0. The molecule has 0 aliphatic heterocycles. The van der Waals surface area contributed by atoms with Gasteiger partial charge in [-0.05, 0) is 38.1 Å². The van der Waals surface area contributed by atoms with E-state index < -0.39 is 29.9 Å². The Bertz CT molecular complexity index is 594. The smallest absolute Gasteiger partial charge is 0.459 e. The Hall–Kier alpha value is -2.32. The zero-order chi connectivity index (χ0) is 18.5. The van der Waals surface area contributed by atoms with Crippen LogP contribution in [0.3, 0.4) is 0 Å². The lowest BCUT2D eigenvalue weighted by Crippen LogP contribution is -2.41. The highest BCUT2D eigenvalue weighted by Crippen LogP contribution is 2.41. The fourth-order valence-electron chi connectivity index (χ4n) is 1.57. The molecule has 0 heterocycles. The van der Waals surface area contributed by atoms with Crippen molar-refractivity contribution in [3.8, 4) is 5.75 Å². The number of anilines is 1. The van der Waals surface area contributed by atoms with E-state index in [4.69, 9.17) is 4.74 Å². The standard InChI is InChI=1S/C15H16F5NO3/c1-9(2)24-13(22)8-12(14(16,17)15(18,19)20)21-10-4-6-11(23-3)7-5-10/h4-9,21H,1-3H3/b12-8-. The van der Waals surface area contributed by atoms with Crippen molar-refractivity contribution in [1.82, 2.24) is 0 Å². The molecule has 24 heavy (non-hydrogen) atoms. The maximum atomic E-state index is 13.6. The number of nitrogens with one attached hydrogen (secondary N) is 1. The van der Waals surface area contributed by atoms with Gasteiger partial charge in [-0.2, -0.15) is 22.0 Å². The van der Waals surface area contributed by atoms with Crippen molar-refractivity contribution in [2.75, 3.05) is 12.4 Å². The third kappa shape index (κ3) is 5.10. The molecular formula is C15H16F5NO3. The summed E-state index contributed by atoms with van der Waals surface area (Å²) in [4.78, 5) is 11.5. The number of methoxy groups -OCH3 is 1. The summed E-state index contributed by atoms with van der Waals surface area (Å²) in [5.74, 6) is -6.19. The van der Waals surface area contributed by atoms with Gasteiger partial charge in [0.25, 0.3) is 0 Å². The summed E-state index contributed by atoms with van der Waals surface area (Å²) in [6.07, 6.45) is -6.45. The summed E-state index contributed by atoms with van der Waals surface area (Å²) < 4.78 is 74.6. The van der Waals surface area contributed by atoms with Gasteiger partial charge in [0.2, 0.25) is 0 Å². The molecule has 1 N–H and O–H groups in total. The molecule has 1 rings (SSSR count). The van der Waals surface area contributed by atoms with Gasteiger partial charge in [0.15, 0.2) is 0 Å². The van der Waals surface area contributed by atoms with Crippen LogP contribution in [0.1, 0.15) is 13.8 Å². The lowest BCUT2D eigenvalue weighted by Gasteiger charge is -2.23. The molecule has 1 aromatic carbocycles. The molecule has 0 spiro atoms. The van der Waals surface area contributed by atoms with E-state index in [0.29, 0.717) is 5.75 Å². The Kier molecular flexibility index (Phi) is 6.16. The van der Waals surface area contributed by atoms with Crippen LogP contribution in [-0.2, 0) is 9.53 Å². The third-order valence-corrected chi connectivity index (χ3v) is 2.68. The zero-order valence-electron chi connectivity index (χ0n) is 13.1. The molecular weight excluding hydrogens is 337 g/mol. The van der Waals surface area contributed by atoms with Crippen LogP contribution in [-0.4, -0.2) is 31.3 Å². The first-order valence-corrected chi connectivity index (χ1v) is 6.75. The van der Waals surface area contributed by atoms with Gasteiger partial charge >= 0.3 is 18.1 Å². The Balaban J connectivity index is 3.17. The van der Waals surface area contributed by atoms with Gasteiger partial charge in [0, 0.05) is 11.8 Å². The van der Waals surface area contributed by atoms with Crippen LogP contribution in [0.15, 0.2) is 36.0 Å². The average molecular weight is 353 g/mol. The predicted molar refractivity (Wildman–Crippen MR) is 76.9 cm³/mol. The van der Waals surface area contributed by atoms with Gasteiger partial charge in [-0.25, -0.2) is 4.79 Å². The SMILES string of the molecule is COc1ccc(N/C(=C\C(=O)OC(C)C)C(F)(F)C(F)(F)F)cc1. The minimum absolute atomic E-state index is 0.0803. The van der Waals surface area contributed by atoms with Gasteiger partial charge in [0.1, 0.15) is 11.4 Å². The molecule has 0 aliphatic carbocycles. The molecule has 0 aromatic heterocycles. The van der Waals surface area contributed by atoms with E-state index >= 15 is 0 Å². The number of hydrogen-bond acceptors (Lipinski definition) is 4. The molecule has 0 bridgehead atoms. The van der Waals surface area contributed by atoms with Crippen molar-refractivity contribution in [2.45, 2.75) is 32.1 Å². The Morgan fingerprint density at radius 1 is 1.12 bits per heavy atom. The number of carbonyl (C=O) groups is 1. The fraction of sp³-hybridized carbons (Fsp3) is 0.400. The fourth-order valence-corrected chi connectivity index (χ4v) is 1.57. The maximum Gasteiger partial charge on any atom is 0.459 e. The second-order valence-electron chi connectivity index (χ2n) is 4.97. The van der Waals surface area contributed by atoms with Crippen molar-refractivity contribution >= 4 is 11.7 Å². The van der Waals surface area contributed by atoms with E-state index in [1.165, 1.54) is 45.2 Å². The number of carbonyl (C=O) groups excluding carboxylic acids is 1. The van der Waals surface area contributed by atoms with Crippen molar-refractivity contribution in [3.63, 3.8) is 0 Å². The first-order valence-electron chi connectivity index (χ1n) is 6.75. The molecule has 0 aliphatic rings. The molecule has 0 radical (unpaired) electrons. The second kappa shape index (κ2) is 7.50. The van der Waals surface area contributed by atoms with Crippen molar-refractivity contribution in [3.05, 3.63) is 36.0 Å². The average Bonchev–Trinajstić information content (AvgIpc) is 2.45. The molecule has 0 saturated heterocycles. The summed E-state index contributed by atoms with van der Waals surface area (Å²) in [5.41, 5.74) is -1.71. The summed E-state index contributed by atoms with van der Waals surface area (Å²) in [7, 11) is 1.37. The summed E-state index contributed by atoms with van der Waals surface area (Å²) in [5, 5.41) is 1.92. The van der Waals surface area contributed by atoms with Crippen LogP contribution in [0.25, 0.3) is 0 Å². The van der Waals surface area contributed by atoms with Gasteiger partial charge in [0.05, 0.1) is 13.2 Å². The van der Waals surface area contributed by atoms with Crippen molar-refractivity contribution in [1.29, 1.82) is 0 Å². The Labute approximate surface area is 135 Å². The van der Waals surface area contributed by atoms with Crippen LogP contribution >= 0.6 is 0 Å². The Morgan fingerprint density at radius 3 is 2.08 bits per heavy atom. The molecule has 0 amide bonds. The van der Waals surface area contributed by atoms with E-state index in [0.717, 1.165) is 0 Å². The highest BCUT2D eigenvalue weighted by atomic mass is 19.4. The van der Waals surface area contributed by atoms with Gasteiger partial charge in [-0.15, -0.1) is 0 Å². The topological polar surface area (TPSA) is 47.6 Å². The number of alkyl halides is 5. The highest BCUT2D eigenvalue weighted by molar-refractivity contribution is 5.84. The molecule has 0 atom stereocenters. The van der Waals surface area contributed by atoms with Crippen molar-refractivity contribution in [2.24, 2.45) is 0 Å². The van der Waals surface area contributed by atoms with Gasteiger partial charge in [-0.3, -0.25) is 0 Å². The minimum atomic E-state index is -5.88. The van der Waals surface area contributed by atoms with Crippen molar-refractivity contribution < 1.29 is 36.2 Å². The van der Waals surface area contributed by atoms with Gasteiger partial charge in [-0.1, -0.05) is 0 Å². The number of benzene rings is 1. The van der Waals surface area contributed by atoms with E-state index in [-0.39, 0.29) is 11.8 Å². The lowest BCUT2D eigenvalue weighted by molar-refractivity contribution is -0.263. The number of esters is 1. The zero-order valence-corrected chi connectivity index (χ0v) is 13.1. The molecule has 4 nitrogen and oxygen atoms in total. The van der Waals surface area contributed by atoms with E-state index in [1.54, 1.807) is 0 Å². The molecule has 0 fully saturated rings. The quantitative estimate of drug-likeness (QED) is 0.474. The number of allylic oxidation sites excluding steroid dienone is 1. The first kappa shape index (κ1) is 19.7. The molecule has 0 saturated carbocycles.